The molecule has 3 aromatic rings. The second-order valence-corrected chi connectivity index (χ2v) is 4.74. The van der Waals surface area contributed by atoms with Crippen molar-refractivity contribution in [2.24, 2.45) is 0 Å². The Kier molecular flexibility index (Phi) is 3.74. The highest BCUT2D eigenvalue weighted by Crippen LogP contribution is 2.26. The van der Waals surface area contributed by atoms with Crippen molar-refractivity contribution in [3.8, 4) is 0 Å². The smallest absolute Gasteiger partial charge is 0.0630 e. The number of nitrogen functional groups attached to an aromatic ring is 1. The zero-order valence-electron chi connectivity index (χ0n) is 11.6. The minimum Gasteiger partial charge on any atom is -0.399 e. The van der Waals surface area contributed by atoms with Crippen LogP contribution >= 0.6 is 0 Å². The molecule has 0 radical (unpaired) electrons. The van der Waals surface area contributed by atoms with E-state index in [0.29, 0.717) is 0 Å². The molecule has 0 bridgehead atoms. The second kappa shape index (κ2) is 6.01. The molecule has 0 aromatic heterocycles. The molecule has 3 heteroatoms. The van der Waals surface area contributed by atoms with E-state index in [2.05, 4.69) is 29.7 Å². The van der Waals surface area contributed by atoms with Crippen LogP contribution in [0.1, 0.15) is 0 Å². The lowest BCUT2D eigenvalue weighted by Gasteiger charge is -2.26. The number of rotatable bonds is 4. The van der Waals surface area contributed by atoms with Crippen LogP contribution in [-0.4, -0.2) is 0 Å². The summed E-state index contributed by atoms with van der Waals surface area (Å²) in [6, 6.07) is 28.1. The number of hydrogen-bond acceptors (Lipinski definition) is 3. The Morgan fingerprint density at radius 2 is 1.10 bits per heavy atom. The first-order chi connectivity index (χ1) is 10.3. The van der Waals surface area contributed by atoms with E-state index in [1.54, 1.807) is 0 Å². The molecule has 0 spiro atoms. The van der Waals surface area contributed by atoms with Crippen molar-refractivity contribution in [3.63, 3.8) is 0 Å². The molecule has 0 fully saturated rings. The van der Waals surface area contributed by atoms with Crippen LogP contribution in [0.2, 0.25) is 0 Å². The third kappa shape index (κ3) is 3.15. The van der Waals surface area contributed by atoms with E-state index in [-0.39, 0.29) is 0 Å². The van der Waals surface area contributed by atoms with Gasteiger partial charge in [-0.15, -0.1) is 0 Å². The average molecular weight is 275 g/mol. The first kappa shape index (κ1) is 13.1. The molecule has 0 unspecified atom stereocenters. The number of nitrogens with zero attached hydrogens (tertiary/aromatic N) is 1. The topological polar surface area (TPSA) is 41.3 Å². The third-order valence-electron chi connectivity index (χ3n) is 3.18. The molecule has 0 aliphatic rings. The fourth-order valence-electron chi connectivity index (χ4n) is 2.12. The van der Waals surface area contributed by atoms with Crippen LogP contribution in [0.4, 0.5) is 22.7 Å². The quantitative estimate of drug-likeness (QED) is 0.546. The molecular formula is C18H17N3. The fourth-order valence-corrected chi connectivity index (χ4v) is 2.12. The Balaban J connectivity index is 1.95. The van der Waals surface area contributed by atoms with Crippen LogP contribution in [0.25, 0.3) is 0 Å². The molecule has 0 aliphatic carbocycles. The maximum atomic E-state index is 5.74. The van der Waals surface area contributed by atoms with Crippen molar-refractivity contribution < 1.29 is 0 Å². The van der Waals surface area contributed by atoms with Gasteiger partial charge in [0.05, 0.1) is 17.1 Å². The Morgan fingerprint density at radius 1 is 0.619 bits per heavy atom. The summed E-state index contributed by atoms with van der Waals surface area (Å²) in [6.45, 7) is 0. The first-order valence-corrected chi connectivity index (χ1v) is 6.85. The van der Waals surface area contributed by atoms with E-state index in [9.17, 15) is 0 Å². The Bertz CT molecular complexity index is 639. The molecule has 0 aliphatic heterocycles. The van der Waals surface area contributed by atoms with Crippen molar-refractivity contribution >= 4 is 22.7 Å². The molecule has 3 nitrogen and oxygen atoms in total. The monoisotopic (exact) mass is 275 g/mol. The predicted octanol–water partition coefficient (Wildman–Crippen LogP) is 4.43. The summed E-state index contributed by atoms with van der Waals surface area (Å²) in [5.41, 5.74) is 13.0. The highest BCUT2D eigenvalue weighted by atomic mass is 15.5. The van der Waals surface area contributed by atoms with Gasteiger partial charge in [-0.25, -0.2) is 0 Å². The van der Waals surface area contributed by atoms with Crippen molar-refractivity contribution in [1.29, 1.82) is 0 Å². The lowest BCUT2D eigenvalue weighted by molar-refractivity contribution is 1.16. The number of anilines is 4. The number of hydrazine groups is 1. The van der Waals surface area contributed by atoms with E-state index < -0.39 is 0 Å². The Labute approximate surface area is 124 Å². The summed E-state index contributed by atoms with van der Waals surface area (Å²) < 4.78 is 0. The summed E-state index contributed by atoms with van der Waals surface area (Å²) in [7, 11) is 0. The molecule has 0 atom stereocenters. The van der Waals surface area contributed by atoms with Gasteiger partial charge < -0.3 is 5.73 Å². The normalized spacial score (nSPS) is 10.1. The van der Waals surface area contributed by atoms with Crippen LogP contribution in [0, 0.1) is 0 Å². The van der Waals surface area contributed by atoms with Gasteiger partial charge in [0.2, 0.25) is 0 Å². The zero-order valence-corrected chi connectivity index (χ0v) is 11.6. The summed E-state index contributed by atoms with van der Waals surface area (Å²) in [4.78, 5) is 0. The maximum absolute atomic E-state index is 5.74. The van der Waals surface area contributed by atoms with Crippen LogP contribution in [0.3, 0.4) is 0 Å². The van der Waals surface area contributed by atoms with E-state index in [1.807, 2.05) is 65.7 Å². The van der Waals surface area contributed by atoms with E-state index in [4.69, 9.17) is 5.73 Å². The Morgan fingerprint density at radius 3 is 1.57 bits per heavy atom. The highest BCUT2D eigenvalue weighted by Gasteiger charge is 2.08. The van der Waals surface area contributed by atoms with Gasteiger partial charge in [-0.05, 0) is 48.5 Å². The standard InChI is InChI=1S/C18H17N3/c19-15-11-13-16(14-12-15)20-21(17-7-3-1-4-8-17)18-9-5-2-6-10-18/h1-14,20H,19H2. The molecule has 21 heavy (non-hydrogen) atoms. The van der Waals surface area contributed by atoms with Gasteiger partial charge >= 0.3 is 0 Å². The second-order valence-electron chi connectivity index (χ2n) is 4.74. The largest absolute Gasteiger partial charge is 0.399 e. The number of para-hydroxylation sites is 2. The molecule has 0 heterocycles. The van der Waals surface area contributed by atoms with Gasteiger partial charge in [-0.3, -0.25) is 10.4 Å². The van der Waals surface area contributed by atoms with Gasteiger partial charge in [0.15, 0.2) is 0 Å². The van der Waals surface area contributed by atoms with Gasteiger partial charge in [-0.1, -0.05) is 36.4 Å². The van der Waals surface area contributed by atoms with E-state index in [1.165, 1.54) is 0 Å². The zero-order chi connectivity index (χ0) is 14.5. The molecule has 0 saturated heterocycles. The number of nitrogens with two attached hydrogens (primary N) is 1. The fraction of sp³-hybridized carbons (Fsp3) is 0. The number of benzene rings is 3. The van der Waals surface area contributed by atoms with Crippen molar-refractivity contribution in [2.75, 3.05) is 16.2 Å². The average Bonchev–Trinajstić information content (AvgIpc) is 2.56. The first-order valence-electron chi connectivity index (χ1n) is 6.85. The Hall–Kier alpha value is -2.94. The van der Waals surface area contributed by atoms with Crippen LogP contribution in [-0.2, 0) is 0 Å². The maximum Gasteiger partial charge on any atom is 0.0630 e. The number of hydrogen-bond donors (Lipinski definition) is 2. The predicted molar refractivity (Wildman–Crippen MR) is 89.5 cm³/mol. The van der Waals surface area contributed by atoms with Gasteiger partial charge in [-0.2, -0.15) is 0 Å². The van der Waals surface area contributed by atoms with E-state index >= 15 is 0 Å². The molecule has 3 aromatic carbocycles. The van der Waals surface area contributed by atoms with Crippen molar-refractivity contribution in [3.05, 3.63) is 84.9 Å². The molecule has 104 valence electrons. The molecule has 3 N–H and O–H groups in total. The summed E-state index contributed by atoms with van der Waals surface area (Å²) >= 11 is 0. The molecule has 0 amide bonds. The van der Waals surface area contributed by atoms with Crippen molar-refractivity contribution in [2.45, 2.75) is 0 Å². The van der Waals surface area contributed by atoms with Gasteiger partial charge in [0, 0.05) is 5.69 Å². The van der Waals surface area contributed by atoms with Crippen LogP contribution < -0.4 is 16.2 Å². The summed E-state index contributed by atoms with van der Waals surface area (Å²) in [5.74, 6) is 0. The lowest BCUT2D eigenvalue weighted by atomic mass is 10.2. The molecule has 0 saturated carbocycles. The van der Waals surface area contributed by atoms with Crippen LogP contribution in [0.15, 0.2) is 84.9 Å². The summed E-state index contributed by atoms with van der Waals surface area (Å²) in [6.07, 6.45) is 0. The number of nitrogens with one attached hydrogen (secondary N) is 1. The molecular weight excluding hydrogens is 258 g/mol. The van der Waals surface area contributed by atoms with Crippen LogP contribution in [0.5, 0.6) is 0 Å². The molecule has 3 rings (SSSR count). The van der Waals surface area contributed by atoms with E-state index in [0.717, 1.165) is 22.7 Å². The van der Waals surface area contributed by atoms with Crippen molar-refractivity contribution in [1.82, 2.24) is 0 Å². The van der Waals surface area contributed by atoms with Gasteiger partial charge in [0.25, 0.3) is 0 Å². The summed E-state index contributed by atoms with van der Waals surface area (Å²) in [5, 5.41) is 2.05. The SMILES string of the molecule is Nc1ccc(NN(c2ccccc2)c2ccccc2)cc1. The minimum absolute atomic E-state index is 0.756. The highest BCUT2D eigenvalue weighted by molar-refractivity contribution is 5.68. The van der Waals surface area contributed by atoms with Gasteiger partial charge in [0.1, 0.15) is 0 Å². The minimum atomic E-state index is 0.756. The third-order valence-corrected chi connectivity index (χ3v) is 3.18. The lowest BCUT2D eigenvalue weighted by Crippen LogP contribution is -2.24.